The molecule has 1 atom stereocenters. The first-order valence-corrected chi connectivity index (χ1v) is 6.39. The summed E-state index contributed by atoms with van der Waals surface area (Å²) >= 11 is 5.85. The van der Waals surface area contributed by atoms with Gasteiger partial charge in [0.05, 0.1) is 6.61 Å². The third kappa shape index (κ3) is 4.31. The van der Waals surface area contributed by atoms with Crippen molar-refractivity contribution in [1.29, 1.82) is 0 Å². The van der Waals surface area contributed by atoms with Crippen LogP contribution in [0.15, 0.2) is 24.3 Å². The van der Waals surface area contributed by atoms with Crippen molar-refractivity contribution >= 4 is 17.5 Å². The van der Waals surface area contributed by atoms with Crippen LogP contribution in [-0.2, 0) is 10.2 Å². The number of nitrogens with one attached hydrogen (secondary N) is 1. The molecule has 4 heteroatoms. The number of hydrogen-bond acceptors (Lipinski definition) is 2. The van der Waals surface area contributed by atoms with E-state index in [4.69, 9.17) is 16.7 Å². The first kappa shape index (κ1) is 15.0. The average Bonchev–Trinajstić information content (AvgIpc) is 2.28. The van der Waals surface area contributed by atoms with Crippen molar-refractivity contribution < 1.29 is 9.90 Å². The van der Waals surface area contributed by atoms with Crippen molar-refractivity contribution in [3.05, 3.63) is 34.9 Å². The monoisotopic (exact) mass is 269 g/mol. The van der Waals surface area contributed by atoms with Crippen molar-refractivity contribution in [3.63, 3.8) is 0 Å². The molecule has 0 heterocycles. The predicted molar refractivity (Wildman–Crippen MR) is 73.8 cm³/mol. The van der Waals surface area contributed by atoms with Crippen molar-refractivity contribution in [3.8, 4) is 0 Å². The molecule has 0 radical (unpaired) electrons. The lowest BCUT2D eigenvalue weighted by atomic mass is 9.81. The summed E-state index contributed by atoms with van der Waals surface area (Å²) in [4.78, 5) is 11.8. The Bertz CT molecular complexity index is 401. The molecular weight excluding hydrogens is 250 g/mol. The number of benzene rings is 1. The van der Waals surface area contributed by atoms with E-state index in [1.807, 2.05) is 38.1 Å². The first-order chi connectivity index (χ1) is 8.35. The summed E-state index contributed by atoms with van der Waals surface area (Å²) in [6, 6.07) is 7.31. The molecule has 0 unspecified atom stereocenters. The lowest BCUT2D eigenvalue weighted by molar-refractivity contribution is -0.123. The Morgan fingerprint density at radius 2 is 1.94 bits per heavy atom. The fourth-order valence-electron chi connectivity index (χ4n) is 1.78. The van der Waals surface area contributed by atoms with Gasteiger partial charge in [-0.15, -0.1) is 0 Å². The minimum Gasteiger partial charge on any atom is -0.394 e. The molecule has 1 amide bonds. The zero-order valence-electron chi connectivity index (χ0n) is 11.0. The Morgan fingerprint density at radius 1 is 1.39 bits per heavy atom. The summed E-state index contributed by atoms with van der Waals surface area (Å²) in [5, 5.41) is 12.3. The molecular formula is C14H20ClNO2. The molecule has 1 aromatic rings. The van der Waals surface area contributed by atoms with E-state index in [-0.39, 0.29) is 24.0 Å². The lowest BCUT2D eigenvalue weighted by Gasteiger charge is -2.25. The highest BCUT2D eigenvalue weighted by Gasteiger charge is 2.24. The van der Waals surface area contributed by atoms with Crippen LogP contribution in [0, 0.1) is 0 Å². The highest BCUT2D eigenvalue weighted by Crippen LogP contribution is 2.27. The summed E-state index contributed by atoms with van der Waals surface area (Å²) in [6.07, 6.45) is 0.374. The quantitative estimate of drug-likeness (QED) is 0.863. The molecule has 0 bridgehead atoms. The second-order valence-corrected chi connectivity index (χ2v) is 5.66. The number of aliphatic hydroxyl groups excluding tert-OH is 1. The molecule has 100 valence electrons. The Labute approximate surface area is 113 Å². The Balaban J connectivity index is 2.69. The normalized spacial score (nSPS) is 13.2. The summed E-state index contributed by atoms with van der Waals surface area (Å²) in [5.41, 5.74) is 0.808. The smallest absolute Gasteiger partial charge is 0.221 e. The molecule has 0 aliphatic heterocycles. The molecule has 3 nitrogen and oxygen atoms in total. The molecule has 2 N–H and O–H groups in total. The van der Waals surface area contributed by atoms with Gasteiger partial charge in [-0.1, -0.05) is 37.6 Å². The van der Waals surface area contributed by atoms with Gasteiger partial charge in [0, 0.05) is 17.5 Å². The molecule has 0 fully saturated rings. The van der Waals surface area contributed by atoms with Gasteiger partial charge in [-0.3, -0.25) is 4.79 Å². The fraction of sp³-hybridized carbons (Fsp3) is 0.500. The molecule has 0 aromatic heterocycles. The largest absolute Gasteiger partial charge is 0.394 e. The predicted octanol–water partition coefficient (Wildman–Crippen LogP) is 2.50. The number of halogens is 1. The zero-order valence-corrected chi connectivity index (χ0v) is 11.8. The maximum Gasteiger partial charge on any atom is 0.221 e. The summed E-state index contributed by atoms with van der Waals surface area (Å²) in [7, 11) is 0. The Kier molecular flexibility index (Phi) is 5.17. The minimum atomic E-state index is -0.260. The van der Waals surface area contributed by atoms with Gasteiger partial charge >= 0.3 is 0 Å². The summed E-state index contributed by atoms with van der Waals surface area (Å²) < 4.78 is 0. The number of carbonyl (C=O) groups excluding carboxylic acids is 1. The highest BCUT2D eigenvalue weighted by atomic mass is 35.5. The average molecular weight is 270 g/mol. The lowest BCUT2D eigenvalue weighted by Crippen LogP contribution is -2.38. The van der Waals surface area contributed by atoms with Crippen molar-refractivity contribution in [2.45, 2.75) is 38.6 Å². The zero-order chi connectivity index (χ0) is 13.8. The van der Waals surface area contributed by atoms with E-state index in [0.29, 0.717) is 11.4 Å². The topological polar surface area (TPSA) is 49.3 Å². The molecule has 1 rings (SSSR count). The summed E-state index contributed by atoms with van der Waals surface area (Å²) in [6.45, 7) is 5.75. The van der Waals surface area contributed by atoms with Crippen molar-refractivity contribution in [2.75, 3.05) is 6.61 Å². The number of rotatable bonds is 5. The van der Waals surface area contributed by atoms with Gasteiger partial charge in [0.25, 0.3) is 0 Å². The Morgan fingerprint density at radius 3 is 2.44 bits per heavy atom. The van der Waals surface area contributed by atoms with Crippen molar-refractivity contribution in [1.82, 2.24) is 5.32 Å². The van der Waals surface area contributed by atoms with Crippen LogP contribution in [-0.4, -0.2) is 23.7 Å². The first-order valence-electron chi connectivity index (χ1n) is 6.01. The van der Waals surface area contributed by atoms with Gasteiger partial charge < -0.3 is 10.4 Å². The van der Waals surface area contributed by atoms with Gasteiger partial charge in [-0.25, -0.2) is 0 Å². The molecule has 0 saturated heterocycles. The van der Waals surface area contributed by atoms with Crippen LogP contribution >= 0.6 is 11.6 Å². The van der Waals surface area contributed by atoms with E-state index in [1.165, 1.54) is 0 Å². The Hall–Kier alpha value is -1.06. The highest BCUT2D eigenvalue weighted by molar-refractivity contribution is 6.30. The van der Waals surface area contributed by atoms with Crippen LogP contribution in [0.5, 0.6) is 0 Å². The molecule has 1 aromatic carbocycles. The molecule has 0 spiro atoms. The second kappa shape index (κ2) is 6.21. The number of carbonyl (C=O) groups is 1. The van der Waals surface area contributed by atoms with E-state index in [0.717, 1.165) is 5.56 Å². The van der Waals surface area contributed by atoms with Crippen molar-refractivity contribution in [2.24, 2.45) is 0 Å². The molecule has 18 heavy (non-hydrogen) atoms. The minimum absolute atomic E-state index is 0.0485. The van der Waals surface area contributed by atoms with E-state index in [2.05, 4.69) is 5.32 Å². The van der Waals surface area contributed by atoms with Crippen LogP contribution in [0.4, 0.5) is 0 Å². The fourth-order valence-corrected chi connectivity index (χ4v) is 1.90. The van der Waals surface area contributed by atoms with Gasteiger partial charge in [0.1, 0.15) is 0 Å². The van der Waals surface area contributed by atoms with E-state index >= 15 is 0 Å². The number of amides is 1. The van der Waals surface area contributed by atoms with Crippen LogP contribution in [0.1, 0.15) is 32.8 Å². The van der Waals surface area contributed by atoms with Crippen LogP contribution in [0.2, 0.25) is 5.02 Å². The summed E-state index contributed by atoms with van der Waals surface area (Å²) in [5.74, 6) is -0.0588. The number of aliphatic hydroxyl groups is 1. The molecule has 0 aliphatic rings. The van der Waals surface area contributed by atoms with Gasteiger partial charge in [0.15, 0.2) is 0 Å². The maximum atomic E-state index is 11.8. The van der Waals surface area contributed by atoms with Crippen LogP contribution in [0.3, 0.4) is 0 Å². The van der Waals surface area contributed by atoms with Gasteiger partial charge in [0.2, 0.25) is 5.91 Å². The van der Waals surface area contributed by atoms with Crippen LogP contribution in [0.25, 0.3) is 0 Å². The van der Waals surface area contributed by atoms with Crippen LogP contribution < -0.4 is 5.32 Å². The van der Waals surface area contributed by atoms with E-state index in [1.54, 1.807) is 6.92 Å². The van der Waals surface area contributed by atoms with Gasteiger partial charge in [-0.05, 0) is 30.0 Å². The third-order valence-electron chi connectivity index (χ3n) is 2.91. The SMILES string of the molecule is C[C@@H](CO)NC(=O)CC(C)(C)c1ccc(Cl)cc1. The molecule has 0 aliphatic carbocycles. The third-order valence-corrected chi connectivity index (χ3v) is 3.16. The number of hydrogen-bond donors (Lipinski definition) is 2. The molecule has 0 saturated carbocycles. The standard InChI is InChI=1S/C14H20ClNO2/c1-10(9-17)16-13(18)8-14(2,3)11-4-6-12(15)7-5-11/h4-7,10,17H,8-9H2,1-3H3,(H,16,18)/t10-/m0/s1. The van der Waals surface area contributed by atoms with Gasteiger partial charge in [-0.2, -0.15) is 0 Å². The van der Waals surface area contributed by atoms with E-state index in [9.17, 15) is 4.79 Å². The van der Waals surface area contributed by atoms with E-state index < -0.39 is 0 Å². The maximum absolute atomic E-state index is 11.8. The second-order valence-electron chi connectivity index (χ2n) is 5.22.